The van der Waals surface area contributed by atoms with Crippen molar-refractivity contribution >= 4 is 34.2 Å². The molecule has 4 heteroatoms. The van der Waals surface area contributed by atoms with Crippen molar-refractivity contribution in [1.82, 2.24) is 5.32 Å². The van der Waals surface area contributed by atoms with Crippen LogP contribution in [0.15, 0.2) is 48.5 Å². The molecule has 2 aromatic carbocycles. The molecule has 1 atom stereocenters. The molecule has 0 unspecified atom stereocenters. The van der Waals surface area contributed by atoms with Crippen LogP contribution in [-0.2, 0) is 17.8 Å². The van der Waals surface area contributed by atoms with Crippen LogP contribution < -0.4 is 10.6 Å². The third-order valence-electron chi connectivity index (χ3n) is 3.49. The fourth-order valence-corrected chi connectivity index (χ4v) is 2.98. The maximum atomic E-state index is 12.3. The highest BCUT2D eigenvalue weighted by atomic mass is 127. The fourth-order valence-electron chi connectivity index (χ4n) is 2.44. The summed E-state index contributed by atoms with van der Waals surface area (Å²) in [6, 6.07) is 15.9. The molecule has 3 nitrogen and oxygen atoms in total. The summed E-state index contributed by atoms with van der Waals surface area (Å²) < 4.78 is 1.11. The second-order valence-electron chi connectivity index (χ2n) is 4.91. The van der Waals surface area contributed by atoms with Crippen LogP contribution in [0.4, 0.5) is 5.69 Å². The molecule has 0 aliphatic carbocycles. The van der Waals surface area contributed by atoms with Gasteiger partial charge in [0.1, 0.15) is 0 Å². The molecule has 0 spiro atoms. The topological polar surface area (TPSA) is 41.1 Å². The minimum Gasteiger partial charge on any atom is -0.325 e. The molecule has 1 amide bonds. The Kier molecular flexibility index (Phi) is 4.03. The summed E-state index contributed by atoms with van der Waals surface area (Å²) in [6.07, 6.45) is 0.742. The van der Waals surface area contributed by atoms with Gasteiger partial charge in [0.25, 0.3) is 0 Å². The van der Waals surface area contributed by atoms with Crippen LogP contribution in [0.2, 0.25) is 0 Å². The van der Waals surface area contributed by atoms with Gasteiger partial charge in [0.15, 0.2) is 0 Å². The number of carbonyl (C=O) groups is 1. The molecule has 102 valence electrons. The van der Waals surface area contributed by atoms with E-state index in [1.54, 1.807) is 0 Å². The quantitative estimate of drug-likeness (QED) is 0.790. The van der Waals surface area contributed by atoms with Gasteiger partial charge in [0.05, 0.1) is 6.04 Å². The van der Waals surface area contributed by atoms with Gasteiger partial charge in [-0.3, -0.25) is 4.79 Å². The Morgan fingerprint density at radius 3 is 2.75 bits per heavy atom. The summed E-state index contributed by atoms with van der Waals surface area (Å²) >= 11 is 2.24. The zero-order valence-corrected chi connectivity index (χ0v) is 13.1. The number of halogens is 1. The number of rotatable bonds is 2. The summed E-state index contributed by atoms with van der Waals surface area (Å²) in [5.74, 6) is 0.0292. The SMILES string of the molecule is O=C(Nc1cccc(I)c1)[C@@H]1Cc2ccccc2CN1. The Morgan fingerprint density at radius 2 is 1.95 bits per heavy atom. The van der Waals surface area contributed by atoms with Crippen molar-refractivity contribution in [3.63, 3.8) is 0 Å². The minimum absolute atomic E-state index is 0.0292. The number of fused-ring (bicyclic) bond motifs is 1. The Labute approximate surface area is 131 Å². The standard InChI is InChI=1S/C16H15IN2O/c17-13-6-3-7-14(9-13)19-16(20)15-8-11-4-1-2-5-12(11)10-18-15/h1-7,9,15,18H,8,10H2,(H,19,20)/t15-/m0/s1. The number of benzene rings is 2. The molecule has 1 aliphatic rings. The molecule has 0 radical (unpaired) electrons. The largest absolute Gasteiger partial charge is 0.325 e. The number of nitrogens with one attached hydrogen (secondary N) is 2. The van der Waals surface area contributed by atoms with E-state index in [4.69, 9.17) is 0 Å². The van der Waals surface area contributed by atoms with Crippen LogP contribution in [-0.4, -0.2) is 11.9 Å². The normalized spacial score (nSPS) is 17.4. The van der Waals surface area contributed by atoms with E-state index < -0.39 is 0 Å². The first-order chi connectivity index (χ1) is 9.72. The number of hydrogen-bond acceptors (Lipinski definition) is 2. The predicted octanol–water partition coefficient (Wildman–Crippen LogP) is 2.94. The van der Waals surface area contributed by atoms with Crippen molar-refractivity contribution in [3.05, 3.63) is 63.2 Å². The third-order valence-corrected chi connectivity index (χ3v) is 4.16. The first-order valence-electron chi connectivity index (χ1n) is 6.59. The monoisotopic (exact) mass is 378 g/mol. The summed E-state index contributed by atoms with van der Waals surface area (Å²) in [4.78, 5) is 12.3. The summed E-state index contributed by atoms with van der Waals surface area (Å²) in [6.45, 7) is 0.751. The molecule has 1 aliphatic heterocycles. The van der Waals surface area contributed by atoms with Crippen molar-refractivity contribution in [2.45, 2.75) is 19.0 Å². The van der Waals surface area contributed by atoms with Crippen molar-refractivity contribution in [2.75, 3.05) is 5.32 Å². The maximum Gasteiger partial charge on any atom is 0.241 e. The van der Waals surface area contributed by atoms with Crippen molar-refractivity contribution in [3.8, 4) is 0 Å². The van der Waals surface area contributed by atoms with Gasteiger partial charge in [-0.1, -0.05) is 30.3 Å². The smallest absolute Gasteiger partial charge is 0.241 e. The van der Waals surface area contributed by atoms with E-state index in [0.29, 0.717) is 0 Å². The zero-order chi connectivity index (χ0) is 13.9. The fraction of sp³-hybridized carbons (Fsp3) is 0.188. The highest BCUT2D eigenvalue weighted by Gasteiger charge is 2.23. The minimum atomic E-state index is -0.164. The molecule has 0 fully saturated rings. The molecule has 20 heavy (non-hydrogen) atoms. The summed E-state index contributed by atoms with van der Waals surface area (Å²) in [5.41, 5.74) is 3.39. The Hall–Kier alpha value is -1.40. The molecule has 1 heterocycles. The number of carbonyl (C=O) groups excluding carboxylic acids is 1. The van der Waals surface area contributed by atoms with Crippen molar-refractivity contribution in [1.29, 1.82) is 0 Å². The van der Waals surface area contributed by atoms with E-state index in [0.717, 1.165) is 22.2 Å². The molecule has 2 aromatic rings. The molecular formula is C16H15IN2O. The van der Waals surface area contributed by atoms with Gasteiger partial charge < -0.3 is 10.6 Å². The number of anilines is 1. The Morgan fingerprint density at radius 1 is 1.15 bits per heavy atom. The highest BCUT2D eigenvalue weighted by Crippen LogP contribution is 2.18. The lowest BCUT2D eigenvalue weighted by molar-refractivity contribution is -0.118. The first kappa shape index (κ1) is 13.6. The number of hydrogen-bond donors (Lipinski definition) is 2. The van der Waals surface area contributed by atoms with Crippen molar-refractivity contribution < 1.29 is 4.79 Å². The van der Waals surface area contributed by atoms with Gasteiger partial charge in [-0.15, -0.1) is 0 Å². The van der Waals surface area contributed by atoms with Gasteiger partial charge in [-0.05, 0) is 58.3 Å². The highest BCUT2D eigenvalue weighted by molar-refractivity contribution is 14.1. The zero-order valence-electron chi connectivity index (χ0n) is 10.9. The summed E-state index contributed by atoms with van der Waals surface area (Å²) in [7, 11) is 0. The molecule has 2 N–H and O–H groups in total. The van der Waals surface area contributed by atoms with Crippen LogP contribution in [0, 0.1) is 3.57 Å². The lowest BCUT2D eigenvalue weighted by atomic mass is 9.95. The van der Waals surface area contributed by atoms with Gasteiger partial charge in [-0.25, -0.2) is 0 Å². The summed E-state index contributed by atoms with van der Waals surface area (Å²) in [5, 5.41) is 6.27. The molecular weight excluding hydrogens is 363 g/mol. The lowest BCUT2D eigenvalue weighted by Crippen LogP contribution is -2.44. The molecule has 0 saturated heterocycles. The van der Waals surface area contributed by atoms with Gasteiger partial charge in [-0.2, -0.15) is 0 Å². The van der Waals surface area contributed by atoms with E-state index in [1.807, 2.05) is 36.4 Å². The average molecular weight is 378 g/mol. The van der Waals surface area contributed by atoms with E-state index in [9.17, 15) is 4.79 Å². The van der Waals surface area contributed by atoms with Crippen LogP contribution in [0.3, 0.4) is 0 Å². The Balaban J connectivity index is 1.70. The molecule has 0 saturated carbocycles. The molecule has 0 bridgehead atoms. The van der Waals surface area contributed by atoms with Crippen LogP contribution in [0.1, 0.15) is 11.1 Å². The predicted molar refractivity (Wildman–Crippen MR) is 88.6 cm³/mol. The van der Waals surface area contributed by atoms with Gasteiger partial charge in [0.2, 0.25) is 5.91 Å². The lowest BCUT2D eigenvalue weighted by Gasteiger charge is -2.25. The van der Waals surface area contributed by atoms with Crippen LogP contribution >= 0.6 is 22.6 Å². The molecule has 3 rings (SSSR count). The van der Waals surface area contributed by atoms with Crippen LogP contribution in [0.5, 0.6) is 0 Å². The molecule has 0 aromatic heterocycles. The first-order valence-corrected chi connectivity index (χ1v) is 7.67. The Bertz CT molecular complexity index is 642. The van der Waals surface area contributed by atoms with Gasteiger partial charge in [0, 0.05) is 15.8 Å². The maximum absolute atomic E-state index is 12.3. The van der Waals surface area contributed by atoms with E-state index in [-0.39, 0.29) is 11.9 Å². The third kappa shape index (κ3) is 3.02. The van der Waals surface area contributed by atoms with Crippen molar-refractivity contribution in [2.24, 2.45) is 0 Å². The second kappa shape index (κ2) is 5.93. The van der Waals surface area contributed by atoms with E-state index in [2.05, 4.69) is 45.4 Å². The van der Waals surface area contributed by atoms with Gasteiger partial charge >= 0.3 is 0 Å². The second-order valence-corrected chi connectivity index (χ2v) is 6.15. The number of amides is 1. The van der Waals surface area contributed by atoms with E-state index in [1.165, 1.54) is 11.1 Å². The van der Waals surface area contributed by atoms with Crippen LogP contribution in [0.25, 0.3) is 0 Å². The van der Waals surface area contributed by atoms with E-state index >= 15 is 0 Å². The average Bonchev–Trinajstić information content (AvgIpc) is 2.47.